The van der Waals surface area contributed by atoms with Crippen LogP contribution in [0.3, 0.4) is 0 Å². The Morgan fingerprint density at radius 2 is 1.02 bits per heavy atom. The van der Waals surface area contributed by atoms with Gasteiger partial charge in [-0.15, -0.1) is 5.30 Å². The standard InChI is InChI=1S/2C19H16O2P.Ru/c2*1-21-19(20)17-13-8-14-18(17)22(15-9-4-2-5-10-15)16-11-6-3-7-12-16;/h2*2-14H,1H3;/q-5;-1;. The molecule has 0 aromatic heterocycles. The van der Waals surface area contributed by atoms with Crippen LogP contribution in [0.25, 0.3) is 0 Å². The molecular formula is C38H32O4P2Ru-6. The number of benzene rings is 4. The summed E-state index contributed by atoms with van der Waals surface area (Å²) >= 11 is 0. The molecule has 0 fully saturated rings. The molecule has 6 aromatic carbocycles. The first-order chi connectivity index (χ1) is 21.6. The van der Waals surface area contributed by atoms with Gasteiger partial charge in [-0.3, -0.25) is 4.79 Å². The largest absolute Gasteiger partial charge is 0.673 e. The van der Waals surface area contributed by atoms with Crippen molar-refractivity contribution in [1.29, 1.82) is 0 Å². The molecule has 0 aliphatic rings. The summed E-state index contributed by atoms with van der Waals surface area (Å²) < 4.78 is 9.86. The number of methoxy groups -OCH3 is 2. The van der Waals surface area contributed by atoms with Gasteiger partial charge in [0.05, 0.1) is 7.11 Å². The van der Waals surface area contributed by atoms with Crippen molar-refractivity contribution in [2.45, 2.75) is 0 Å². The van der Waals surface area contributed by atoms with E-state index < -0.39 is 15.8 Å². The molecule has 0 saturated heterocycles. The quantitative estimate of drug-likeness (QED) is 0.0854. The third kappa shape index (κ3) is 8.19. The number of hydrogen-bond donors (Lipinski definition) is 0. The SMILES string of the molecule is COC(=O)[c-]1[cH-][cH-][cH-][c-]1P(c1ccccc1)c1ccccc1.COC(=O)[c-]1cccc1P(c1ccccc1)c1ccccc1.[Ru]. The van der Waals surface area contributed by atoms with Gasteiger partial charge in [0.2, 0.25) is 0 Å². The Bertz CT molecular complexity index is 1560. The number of hydrogen-bond acceptors (Lipinski definition) is 4. The maximum atomic E-state index is 12.1. The minimum Gasteiger partial charge on any atom is -0.673 e. The van der Waals surface area contributed by atoms with Crippen LogP contribution in [0.1, 0.15) is 20.7 Å². The van der Waals surface area contributed by atoms with E-state index in [2.05, 4.69) is 48.5 Å². The molecule has 0 heterocycles. The maximum absolute atomic E-state index is 12.1. The summed E-state index contributed by atoms with van der Waals surface area (Å²) in [6.45, 7) is 0. The minimum atomic E-state index is -0.769. The zero-order valence-corrected chi connectivity index (χ0v) is 28.4. The summed E-state index contributed by atoms with van der Waals surface area (Å²) in [5, 5.41) is 6.97. The third-order valence-corrected chi connectivity index (χ3v) is 11.9. The van der Waals surface area contributed by atoms with Crippen LogP contribution < -0.4 is 31.8 Å². The fourth-order valence-corrected chi connectivity index (χ4v) is 9.81. The van der Waals surface area contributed by atoms with Crippen LogP contribution in [0.4, 0.5) is 0 Å². The predicted octanol–water partition coefficient (Wildman–Crippen LogP) is 5.90. The number of esters is 2. The molecule has 0 radical (unpaired) electrons. The number of carbonyl (C=O) groups excluding carboxylic acids is 2. The topological polar surface area (TPSA) is 52.6 Å². The molecule has 0 amide bonds. The van der Waals surface area contributed by atoms with E-state index in [4.69, 9.17) is 9.47 Å². The second-order valence-electron chi connectivity index (χ2n) is 9.65. The molecule has 0 unspecified atom stereocenters. The van der Waals surface area contributed by atoms with E-state index in [1.54, 1.807) is 0 Å². The first-order valence-electron chi connectivity index (χ1n) is 14.1. The van der Waals surface area contributed by atoms with E-state index in [0.29, 0.717) is 11.1 Å². The number of rotatable bonds is 8. The van der Waals surface area contributed by atoms with Crippen molar-refractivity contribution in [3.8, 4) is 0 Å². The summed E-state index contributed by atoms with van der Waals surface area (Å²) in [7, 11) is 1.31. The van der Waals surface area contributed by atoms with Crippen molar-refractivity contribution >= 4 is 59.6 Å². The summed E-state index contributed by atoms with van der Waals surface area (Å²) in [6.07, 6.45) is 0. The fraction of sp³-hybridized carbons (Fsp3) is 0.0526. The van der Waals surface area contributed by atoms with Gasteiger partial charge in [0.15, 0.2) is 0 Å². The maximum Gasteiger partial charge on any atom is 0.281 e. The van der Waals surface area contributed by atoms with Gasteiger partial charge in [-0.1, -0.05) is 127 Å². The first-order valence-corrected chi connectivity index (χ1v) is 16.8. The van der Waals surface area contributed by atoms with E-state index in [9.17, 15) is 9.59 Å². The van der Waals surface area contributed by atoms with Gasteiger partial charge in [-0.2, -0.15) is 14.0 Å². The minimum absolute atomic E-state index is 0. The molecule has 232 valence electrons. The van der Waals surface area contributed by atoms with Crippen molar-refractivity contribution in [2.75, 3.05) is 14.2 Å². The zero-order valence-electron chi connectivity index (χ0n) is 24.9. The van der Waals surface area contributed by atoms with Crippen LogP contribution in [-0.4, -0.2) is 26.2 Å². The Hall–Kier alpha value is -4.00. The van der Waals surface area contributed by atoms with E-state index in [1.165, 1.54) is 35.4 Å². The van der Waals surface area contributed by atoms with Crippen LogP contribution in [0.15, 0.2) is 158 Å². The Morgan fingerprint density at radius 1 is 0.578 bits per heavy atom. The van der Waals surface area contributed by atoms with Crippen LogP contribution in [-0.2, 0) is 29.0 Å². The van der Waals surface area contributed by atoms with E-state index in [-0.39, 0.29) is 31.4 Å². The van der Waals surface area contributed by atoms with Crippen LogP contribution in [0.5, 0.6) is 0 Å². The molecule has 0 bridgehead atoms. The van der Waals surface area contributed by atoms with Gasteiger partial charge in [-0.05, 0) is 34.7 Å². The van der Waals surface area contributed by atoms with E-state index in [1.807, 2.05) is 109 Å². The molecule has 0 aliphatic heterocycles. The van der Waals surface area contributed by atoms with E-state index >= 15 is 0 Å². The number of ether oxygens (including phenoxy) is 2. The molecule has 0 aliphatic carbocycles. The summed E-state index contributed by atoms with van der Waals surface area (Å²) in [5.41, 5.74) is 1.31. The third-order valence-electron chi connectivity index (χ3n) is 6.94. The molecule has 0 atom stereocenters. The summed E-state index contributed by atoms with van der Waals surface area (Å²) in [6, 6.07) is 52.8. The summed E-state index contributed by atoms with van der Waals surface area (Å²) in [5.74, 6) is -0.557. The summed E-state index contributed by atoms with van der Waals surface area (Å²) in [4.78, 5) is 24.1. The molecule has 6 rings (SSSR count). The second-order valence-corrected chi connectivity index (χ2v) is 14.0. The number of carbonyl (C=O) groups is 2. The first kappa shape index (κ1) is 33.9. The molecule has 45 heavy (non-hydrogen) atoms. The van der Waals surface area contributed by atoms with Gasteiger partial charge in [0, 0.05) is 26.6 Å². The fourth-order valence-electron chi connectivity index (χ4n) is 4.94. The Balaban J connectivity index is 0.000000200. The molecule has 0 saturated carbocycles. The molecule has 0 spiro atoms. The van der Waals surface area contributed by atoms with Crippen LogP contribution in [0, 0.1) is 0 Å². The van der Waals surface area contributed by atoms with Gasteiger partial charge in [-0.25, -0.2) is 12.1 Å². The Kier molecular flexibility index (Phi) is 12.7. The molecule has 7 heteroatoms. The van der Waals surface area contributed by atoms with E-state index in [0.717, 1.165) is 10.6 Å². The van der Waals surface area contributed by atoms with Crippen molar-refractivity contribution in [2.24, 2.45) is 0 Å². The van der Waals surface area contributed by atoms with Crippen molar-refractivity contribution in [1.82, 2.24) is 0 Å². The van der Waals surface area contributed by atoms with Gasteiger partial charge in [0.25, 0.3) is 5.97 Å². The Morgan fingerprint density at radius 3 is 1.47 bits per heavy atom. The van der Waals surface area contributed by atoms with Gasteiger partial charge >= 0.3 is 0 Å². The monoisotopic (exact) mass is 716 g/mol. The molecule has 6 aromatic rings. The molecular weight excluding hydrogens is 683 g/mol. The van der Waals surface area contributed by atoms with Crippen molar-refractivity contribution in [3.05, 3.63) is 169 Å². The second kappa shape index (κ2) is 16.9. The predicted molar refractivity (Wildman–Crippen MR) is 184 cm³/mol. The van der Waals surface area contributed by atoms with Crippen LogP contribution in [0.2, 0.25) is 0 Å². The van der Waals surface area contributed by atoms with Gasteiger partial charge in [0.1, 0.15) is 0 Å². The molecule has 4 nitrogen and oxygen atoms in total. The zero-order chi connectivity index (χ0) is 30.7. The van der Waals surface area contributed by atoms with Gasteiger partial charge < -0.3 is 43.3 Å². The smallest absolute Gasteiger partial charge is 0.281 e. The Labute approximate surface area is 280 Å². The van der Waals surface area contributed by atoms with Crippen molar-refractivity contribution in [3.63, 3.8) is 0 Å². The average molecular weight is 716 g/mol. The molecule has 0 N–H and O–H groups in total. The van der Waals surface area contributed by atoms with Crippen LogP contribution >= 0.6 is 15.8 Å². The van der Waals surface area contributed by atoms with Crippen molar-refractivity contribution < 1.29 is 38.5 Å². The normalized spacial score (nSPS) is 10.4. The average Bonchev–Trinajstić information content (AvgIpc) is 3.77.